The van der Waals surface area contributed by atoms with Crippen LogP contribution in [0.1, 0.15) is 26.7 Å². The largest absolute Gasteiger partial charge is 1.00 e. The molecule has 1 aliphatic rings. The SMILES string of the molecule is CCCCN1CC[N+](C)=C1C.[I-]. The predicted octanol–water partition coefficient (Wildman–Crippen LogP) is -1.83. The maximum absolute atomic E-state index is 2.48. The zero-order valence-corrected chi connectivity index (χ0v) is 10.5. The minimum absolute atomic E-state index is 0. The Hall–Kier alpha value is 0.200. The summed E-state index contributed by atoms with van der Waals surface area (Å²) in [4.78, 5) is 2.48. The Morgan fingerprint density at radius 1 is 1.50 bits per heavy atom. The molecule has 0 aliphatic carbocycles. The average Bonchev–Trinajstić information content (AvgIpc) is 2.31. The molecule has 0 bridgehead atoms. The van der Waals surface area contributed by atoms with Gasteiger partial charge >= 0.3 is 0 Å². The molecule has 0 N–H and O–H groups in total. The molecule has 0 amide bonds. The molecule has 1 rings (SSSR count). The molecule has 1 heterocycles. The molecule has 1 aliphatic heterocycles. The Labute approximate surface area is 92.7 Å². The van der Waals surface area contributed by atoms with E-state index in [1.807, 2.05) is 0 Å². The van der Waals surface area contributed by atoms with Crippen molar-refractivity contribution in [3.8, 4) is 0 Å². The van der Waals surface area contributed by atoms with E-state index in [-0.39, 0.29) is 24.0 Å². The number of halogens is 1. The lowest BCUT2D eigenvalue weighted by atomic mass is 10.3. The minimum atomic E-state index is 0. The van der Waals surface area contributed by atoms with Crippen molar-refractivity contribution in [3.63, 3.8) is 0 Å². The van der Waals surface area contributed by atoms with Crippen LogP contribution in [0.3, 0.4) is 0 Å². The molecule has 3 heteroatoms. The van der Waals surface area contributed by atoms with Crippen molar-refractivity contribution in [2.45, 2.75) is 26.7 Å². The van der Waals surface area contributed by atoms with E-state index in [1.165, 1.54) is 38.3 Å². The van der Waals surface area contributed by atoms with Gasteiger partial charge in [0.2, 0.25) is 5.84 Å². The second-order valence-corrected chi connectivity index (χ2v) is 3.31. The summed E-state index contributed by atoms with van der Waals surface area (Å²) in [6, 6.07) is 0. The van der Waals surface area contributed by atoms with E-state index in [4.69, 9.17) is 0 Å². The van der Waals surface area contributed by atoms with Crippen molar-refractivity contribution in [1.82, 2.24) is 4.90 Å². The molecule has 0 saturated carbocycles. The lowest BCUT2D eigenvalue weighted by Gasteiger charge is -2.08. The third kappa shape index (κ3) is 2.92. The van der Waals surface area contributed by atoms with Crippen molar-refractivity contribution in [3.05, 3.63) is 0 Å². The lowest BCUT2D eigenvalue weighted by Crippen LogP contribution is -3.00. The number of hydrogen-bond donors (Lipinski definition) is 0. The third-order valence-corrected chi connectivity index (χ3v) is 2.50. The van der Waals surface area contributed by atoms with E-state index in [0.29, 0.717) is 0 Å². The second kappa shape index (κ2) is 5.78. The number of amidine groups is 1. The Morgan fingerprint density at radius 3 is 2.58 bits per heavy atom. The third-order valence-electron chi connectivity index (χ3n) is 2.50. The molecular weight excluding hydrogens is 263 g/mol. The molecule has 0 saturated heterocycles. The first-order valence-corrected chi connectivity index (χ1v) is 4.55. The first-order chi connectivity index (χ1) is 5.25. The van der Waals surface area contributed by atoms with Gasteiger partial charge in [-0.3, -0.25) is 9.48 Å². The van der Waals surface area contributed by atoms with Crippen LogP contribution < -0.4 is 24.0 Å². The zero-order chi connectivity index (χ0) is 8.27. The van der Waals surface area contributed by atoms with Crippen molar-refractivity contribution in [2.24, 2.45) is 0 Å². The summed E-state index contributed by atoms with van der Waals surface area (Å²) in [7, 11) is 2.17. The topological polar surface area (TPSA) is 6.25 Å². The minimum Gasteiger partial charge on any atom is -1.00 e. The van der Waals surface area contributed by atoms with Gasteiger partial charge in [0.1, 0.15) is 13.1 Å². The maximum atomic E-state index is 2.48. The van der Waals surface area contributed by atoms with E-state index in [9.17, 15) is 0 Å². The van der Waals surface area contributed by atoms with E-state index >= 15 is 0 Å². The van der Waals surface area contributed by atoms with Gasteiger partial charge < -0.3 is 24.0 Å². The molecule has 0 aromatic carbocycles. The first kappa shape index (κ1) is 12.2. The molecule has 12 heavy (non-hydrogen) atoms. The standard InChI is InChI=1S/C9H19N2.HI/c1-4-5-6-11-8-7-10(3)9(11)2;/h4-8H2,1-3H3;1H/q+1;/p-1. The first-order valence-electron chi connectivity index (χ1n) is 4.55. The number of hydrogen-bond acceptors (Lipinski definition) is 1. The Kier molecular flexibility index (Phi) is 5.88. The van der Waals surface area contributed by atoms with Crippen LogP contribution in [0.4, 0.5) is 0 Å². The smallest absolute Gasteiger partial charge is 0.243 e. The quantitative estimate of drug-likeness (QED) is 0.436. The van der Waals surface area contributed by atoms with Gasteiger partial charge in [0.15, 0.2) is 0 Å². The van der Waals surface area contributed by atoms with E-state index < -0.39 is 0 Å². The van der Waals surface area contributed by atoms with Crippen LogP contribution >= 0.6 is 0 Å². The predicted molar refractivity (Wildman–Crippen MR) is 48.2 cm³/mol. The summed E-state index contributed by atoms with van der Waals surface area (Å²) in [5, 5.41) is 0. The molecule has 0 fully saturated rings. The normalized spacial score (nSPS) is 16.8. The van der Waals surface area contributed by atoms with Gasteiger partial charge in [0.05, 0.1) is 13.6 Å². The number of nitrogens with zero attached hydrogens (tertiary/aromatic N) is 2. The number of unbranched alkanes of at least 4 members (excludes halogenated alkanes) is 1. The summed E-state index contributed by atoms with van der Waals surface area (Å²) >= 11 is 0. The van der Waals surface area contributed by atoms with Gasteiger partial charge in [0, 0.05) is 6.92 Å². The van der Waals surface area contributed by atoms with Crippen LogP contribution in [0.2, 0.25) is 0 Å². The second-order valence-electron chi connectivity index (χ2n) is 3.31. The van der Waals surface area contributed by atoms with Crippen LogP contribution in [0, 0.1) is 0 Å². The Morgan fingerprint density at radius 2 is 2.17 bits per heavy atom. The van der Waals surface area contributed by atoms with E-state index in [1.54, 1.807) is 0 Å². The highest BCUT2D eigenvalue weighted by Crippen LogP contribution is 2.01. The van der Waals surface area contributed by atoms with Crippen molar-refractivity contribution >= 4 is 5.84 Å². The number of likely N-dealkylation sites (N-methyl/N-ethyl adjacent to an activating group) is 1. The van der Waals surface area contributed by atoms with Crippen LogP contribution in [0.25, 0.3) is 0 Å². The van der Waals surface area contributed by atoms with Crippen molar-refractivity contribution in [2.75, 3.05) is 26.7 Å². The summed E-state index contributed by atoms with van der Waals surface area (Å²) < 4.78 is 2.33. The van der Waals surface area contributed by atoms with Gasteiger partial charge in [0.25, 0.3) is 0 Å². The monoisotopic (exact) mass is 282 g/mol. The van der Waals surface area contributed by atoms with Gasteiger partial charge in [-0.05, 0) is 6.42 Å². The van der Waals surface area contributed by atoms with Gasteiger partial charge in [-0.1, -0.05) is 13.3 Å². The summed E-state index contributed by atoms with van der Waals surface area (Å²) in [6.07, 6.45) is 2.62. The molecule has 0 atom stereocenters. The fourth-order valence-electron chi connectivity index (χ4n) is 1.46. The molecule has 0 spiro atoms. The molecule has 0 aromatic heterocycles. The maximum Gasteiger partial charge on any atom is 0.243 e. The molecule has 0 aromatic rings. The van der Waals surface area contributed by atoms with Crippen LogP contribution in [-0.4, -0.2) is 42.0 Å². The number of rotatable bonds is 3. The molecule has 0 unspecified atom stereocenters. The van der Waals surface area contributed by atoms with Crippen LogP contribution in [-0.2, 0) is 0 Å². The van der Waals surface area contributed by atoms with Gasteiger partial charge in [-0.25, -0.2) is 0 Å². The van der Waals surface area contributed by atoms with Crippen LogP contribution in [0.15, 0.2) is 0 Å². The Balaban J connectivity index is 0.00000121. The lowest BCUT2D eigenvalue weighted by molar-refractivity contribution is -0.487. The van der Waals surface area contributed by atoms with E-state index in [0.717, 1.165) is 0 Å². The van der Waals surface area contributed by atoms with Crippen LogP contribution in [0.5, 0.6) is 0 Å². The fourth-order valence-corrected chi connectivity index (χ4v) is 1.46. The molecule has 0 radical (unpaired) electrons. The summed E-state index contributed by atoms with van der Waals surface area (Å²) in [5.74, 6) is 1.44. The highest BCUT2D eigenvalue weighted by molar-refractivity contribution is 5.75. The molecule has 72 valence electrons. The van der Waals surface area contributed by atoms with Crippen molar-refractivity contribution < 1.29 is 28.6 Å². The van der Waals surface area contributed by atoms with Crippen molar-refractivity contribution in [1.29, 1.82) is 0 Å². The highest BCUT2D eigenvalue weighted by atomic mass is 127. The van der Waals surface area contributed by atoms with Gasteiger partial charge in [-0.15, -0.1) is 0 Å². The Bertz CT molecular complexity index is 166. The fraction of sp³-hybridized carbons (Fsp3) is 0.889. The van der Waals surface area contributed by atoms with E-state index in [2.05, 4.69) is 30.4 Å². The zero-order valence-electron chi connectivity index (χ0n) is 8.31. The molecular formula is C9H19IN2. The summed E-state index contributed by atoms with van der Waals surface area (Å²) in [6.45, 7) is 8.13. The highest BCUT2D eigenvalue weighted by Gasteiger charge is 2.22. The average molecular weight is 282 g/mol. The summed E-state index contributed by atoms with van der Waals surface area (Å²) in [5.41, 5.74) is 0. The molecule has 2 nitrogen and oxygen atoms in total. The van der Waals surface area contributed by atoms with Gasteiger partial charge in [-0.2, -0.15) is 0 Å².